The van der Waals surface area contributed by atoms with Gasteiger partial charge in [-0.25, -0.2) is 0 Å². The molecule has 22 heavy (non-hydrogen) atoms. The summed E-state index contributed by atoms with van der Waals surface area (Å²) >= 11 is 0. The molecule has 0 unspecified atom stereocenters. The van der Waals surface area contributed by atoms with Crippen molar-refractivity contribution in [2.24, 2.45) is 0 Å². The number of aliphatic hydroxyl groups excluding tert-OH is 1. The fourth-order valence-corrected chi connectivity index (χ4v) is 4.27. The van der Waals surface area contributed by atoms with Crippen LogP contribution in [0.5, 0.6) is 0 Å². The normalized spacial score (nSPS) is 24.9. The summed E-state index contributed by atoms with van der Waals surface area (Å²) in [5.74, 6) is 0. The van der Waals surface area contributed by atoms with Gasteiger partial charge in [0.15, 0.2) is 0 Å². The van der Waals surface area contributed by atoms with E-state index in [0.29, 0.717) is 12.6 Å². The van der Waals surface area contributed by atoms with E-state index in [1.807, 2.05) is 0 Å². The Balaban J connectivity index is 1.61. The van der Waals surface area contributed by atoms with E-state index in [0.717, 1.165) is 32.1 Å². The van der Waals surface area contributed by atoms with Crippen LogP contribution in [0.4, 0.5) is 0 Å². The maximum Gasteiger partial charge on any atom is 0.0446 e. The van der Waals surface area contributed by atoms with E-state index in [2.05, 4.69) is 41.0 Å². The maximum absolute atomic E-state index is 9.45. The van der Waals surface area contributed by atoms with Crippen molar-refractivity contribution in [3.8, 4) is 0 Å². The molecule has 2 aliphatic rings. The molecule has 1 aromatic carbocycles. The molecule has 2 fully saturated rings. The topological polar surface area (TPSA) is 26.7 Å². The van der Waals surface area contributed by atoms with Gasteiger partial charge < -0.3 is 5.11 Å². The van der Waals surface area contributed by atoms with Crippen molar-refractivity contribution in [3.63, 3.8) is 0 Å². The average Bonchev–Trinajstić information content (AvgIpc) is 3.02. The summed E-state index contributed by atoms with van der Waals surface area (Å²) in [5.41, 5.74) is 2.76. The number of nitrogens with zero attached hydrogens (tertiary/aromatic N) is 2. The van der Waals surface area contributed by atoms with Gasteiger partial charge in [0.05, 0.1) is 0 Å². The molecule has 0 aromatic heterocycles. The molecule has 3 nitrogen and oxygen atoms in total. The van der Waals surface area contributed by atoms with Gasteiger partial charge in [-0.3, -0.25) is 9.80 Å². The second-order valence-electron chi connectivity index (χ2n) is 7.07. The largest absolute Gasteiger partial charge is 0.396 e. The predicted octanol–water partition coefficient (Wildman–Crippen LogP) is 2.81. The van der Waals surface area contributed by atoms with Gasteiger partial charge in [0.2, 0.25) is 0 Å². The van der Waals surface area contributed by atoms with Crippen LogP contribution in [0.3, 0.4) is 0 Å². The fraction of sp³-hybridized carbons (Fsp3) is 0.684. The molecule has 0 spiro atoms. The first-order valence-corrected chi connectivity index (χ1v) is 8.91. The van der Waals surface area contributed by atoms with Gasteiger partial charge in [-0.05, 0) is 31.7 Å². The lowest BCUT2D eigenvalue weighted by Crippen LogP contribution is -2.56. The van der Waals surface area contributed by atoms with Crippen LogP contribution in [-0.4, -0.2) is 53.2 Å². The highest BCUT2D eigenvalue weighted by Gasteiger charge is 2.32. The molecule has 1 aliphatic carbocycles. The average molecular weight is 302 g/mol. The highest BCUT2D eigenvalue weighted by atomic mass is 16.3. The molecule has 0 amide bonds. The van der Waals surface area contributed by atoms with Gasteiger partial charge in [0.1, 0.15) is 0 Å². The van der Waals surface area contributed by atoms with Crippen LogP contribution in [-0.2, 0) is 6.54 Å². The standard InChI is InChI=1S/C19H30N2O/c1-16-5-4-6-17(13-16)14-20-10-11-21(18-7-2-3-8-18)19(15-20)9-12-22/h4-6,13,18-19,22H,2-3,7-12,14-15H2,1H3/t19-/m0/s1. The lowest BCUT2D eigenvalue weighted by atomic mass is 10.0. The number of rotatable bonds is 5. The highest BCUT2D eigenvalue weighted by Crippen LogP contribution is 2.28. The fourth-order valence-electron chi connectivity index (χ4n) is 4.27. The minimum atomic E-state index is 0.312. The van der Waals surface area contributed by atoms with Gasteiger partial charge in [-0.15, -0.1) is 0 Å². The zero-order valence-electron chi connectivity index (χ0n) is 13.9. The molecular weight excluding hydrogens is 272 g/mol. The van der Waals surface area contributed by atoms with Crippen molar-refractivity contribution >= 4 is 0 Å². The molecule has 1 saturated heterocycles. The van der Waals surface area contributed by atoms with Crippen LogP contribution in [0.15, 0.2) is 24.3 Å². The zero-order valence-corrected chi connectivity index (χ0v) is 13.9. The maximum atomic E-state index is 9.45. The van der Waals surface area contributed by atoms with Crippen LogP contribution in [0.25, 0.3) is 0 Å². The van der Waals surface area contributed by atoms with Crippen LogP contribution in [0, 0.1) is 6.92 Å². The third kappa shape index (κ3) is 3.89. The molecule has 122 valence electrons. The summed E-state index contributed by atoms with van der Waals surface area (Å²) in [6, 6.07) is 10.2. The van der Waals surface area contributed by atoms with Crippen LogP contribution >= 0.6 is 0 Å². The molecule has 1 aliphatic heterocycles. The lowest BCUT2D eigenvalue weighted by Gasteiger charge is -2.44. The van der Waals surface area contributed by atoms with E-state index in [4.69, 9.17) is 0 Å². The Morgan fingerprint density at radius 3 is 2.73 bits per heavy atom. The van der Waals surface area contributed by atoms with Gasteiger partial charge in [-0.2, -0.15) is 0 Å². The molecule has 3 rings (SSSR count). The molecule has 1 atom stereocenters. The summed E-state index contributed by atoms with van der Waals surface area (Å²) < 4.78 is 0. The Morgan fingerprint density at radius 2 is 2.00 bits per heavy atom. The lowest BCUT2D eigenvalue weighted by molar-refractivity contribution is 0.0267. The Hall–Kier alpha value is -0.900. The van der Waals surface area contributed by atoms with Crippen molar-refractivity contribution in [1.29, 1.82) is 0 Å². The Bertz CT molecular complexity index is 470. The third-order valence-corrected chi connectivity index (χ3v) is 5.36. The molecule has 3 heteroatoms. The van der Waals surface area contributed by atoms with Gasteiger partial charge >= 0.3 is 0 Å². The SMILES string of the molecule is Cc1cccc(CN2CCN(C3CCCC3)[C@@H](CCO)C2)c1. The third-order valence-electron chi connectivity index (χ3n) is 5.36. The molecule has 1 N–H and O–H groups in total. The van der Waals surface area contributed by atoms with Crippen molar-refractivity contribution in [1.82, 2.24) is 9.80 Å². The Kier molecular flexibility index (Phi) is 5.51. The van der Waals surface area contributed by atoms with Crippen molar-refractivity contribution in [2.45, 2.75) is 57.7 Å². The van der Waals surface area contributed by atoms with Crippen LogP contribution in [0.2, 0.25) is 0 Å². The quantitative estimate of drug-likeness (QED) is 0.906. The molecule has 1 heterocycles. The minimum absolute atomic E-state index is 0.312. The number of hydrogen-bond donors (Lipinski definition) is 1. The van der Waals surface area contributed by atoms with E-state index < -0.39 is 0 Å². The van der Waals surface area contributed by atoms with E-state index in [1.165, 1.54) is 43.4 Å². The first kappa shape index (κ1) is 16.0. The van der Waals surface area contributed by atoms with Crippen molar-refractivity contribution in [2.75, 3.05) is 26.2 Å². The first-order chi connectivity index (χ1) is 10.8. The van der Waals surface area contributed by atoms with Crippen molar-refractivity contribution < 1.29 is 5.11 Å². The number of hydrogen-bond acceptors (Lipinski definition) is 3. The van der Waals surface area contributed by atoms with E-state index in [9.17, 15) is 5.11 Å². The first-order valence-electron chi connectivity index (χ1n) is 8.91. The van der Waals surface area contributed by atoms with E-state index in [-0.39, 0.29) is 0 Å². The minimum Gasteiger partial charge on any atom is -0.396 e. The van der Waals surface area contributed by atoms with Gasteiger partial charge in [0, 0.05) is 44.9 Å². The summed E-state index contributed by atoms with van der Waals surface area (Å²) in [4.78, 5) is 5.27. The predicted molar refractivity (Wildman–Crippen MR) is 90.9 cm³/mol. The highest BCUT2D eigenvalue weighted by molar-refractivity contribution is 5.22. The smallest absolute Gasteiger partial charge is 0.0446 e. The van der Waals surface area contributed by atoms with E-state index >= 15 is 0 Å². The zero-order chi connectivity index (χ0) is 15.4. The number of benzene rings is 1. The Morgan fingerprint density at radius 1 is 1.18 bits per heavy atom. The van der Waals surface area contributed by atoms with Gasteiger partial charge in [-0.1, -0.05) is 42.7 Å². The number of piperazine rings is 1. The molecular formula is C19H30N2O. The summed E-state index contributed by atoms with van der Waals surface area (Å²) in [5, 5.41) is 9.45. The summed E-state index contributed by atoms with van der Waals surface area (Å²) in [7, 11) is 0. The monoisotopic (exact) mass is 302 g/mol. The molecule has 1 saturated carbocycles. The number of aryl methyl sites for hydroxylation is 1. The van der Waals surface area contributed by atoms with Crippen molar-refractivity contribution in [3.05, 3.63) is 35.4 Å². The summed E-state index contributed by atoms with van der Waals surface area (Å²) in [6.07, 6.45) is 6.42. The van der Waals surface area contributed by atoms with Gasteiger partial charge in [0.25, 0.3) is 0 Å². The molecule has 1 aromatic rings. The molecule has 0 radical (unpaired) electrons. The van der Waals surface area contributed by atoms with Crippen LogP contribution < -0.4 is 0 Å². The van der Waals surface area contributed by atoms with Crippen LogP contribution in [0.1, 0.15) is 43.2 Å². The summed E-state index contributed by atoms with van der Waals surface area (Å²) in [6.45, 7) is 6.95. The molecule has 0 bridgehead atoms. The second kappa shape index (κ2) is 7.58. The van der Waals surface area contributed by atoms with E-state index in [1.54, 1.807) is 0 Å². The number of aliphatic hydroxyl groups is 1. The second-order valence-corrected chi connectivity index (χ2v) is 7.07. The Labute approximate surface area is 134 Å².